The molecular weight excluding hydrogens is 330 g/mol. The van der Waals surface area contributed by atoms with E-state index in [4.69, 9.17) is 0 Å². The SMILES string of the molecule is Cc1ccc(Nc2nc(C(=O)NCCc3ccccc3)cs2)c(C)c1. The lowest BCUT2D eigenvalue weighted by atomic mass is 10.1. The molecule has 5 heteroatoms. The topological polar surface area (TPSA) is 54.0 Å². The molecule has 2 N–H and O–H groups in total. The van der Waals surface area contributed by atoms with Crippen LogP contribution in [0.25, 0.3) is 0 Å². The van der Waals surface area contributed by atoms with E-state index in [1.165, 1.54) is 22.5 Å². The second-order valence-corrected chi connectivity index (χ2v) is 6.83. The molecule has 0 aliphatic heterocycles. The summed E-state index contributed by atoms with van der Waals surface area (Å²) < 4.78 is 0. The summed E-state index contributed by atoms with van der Waals surface area (Å²) in [6.07, 6.45) is 0.810. The van der Waals surface area contributed by atoms with Crippen molar-refractivity contribution in [3.8, 4) is 0 Å². The summed E-state index contributed by atoms with van der Waals surface area (Å²) in [4.78, 5) is 16.6. The predicted molar refractivity (Wildman–Crippen MR) is 104 cm³/mol. The summed E-state index contributed by atoms with van der Waals surface area (Å²) in [5, 5.41) is 8.71. The Bertz CT molecular complexity index is 858. The van der Waals surface area contributed by atoms with Gasteiger partial charge in [0.05, 0.1) is 0 Å². The number of carbonyl (C=O) groups excluding carboxylic acids is 1. The van der Waals surface area contributed by atoms with Crippen molar-refractivity contribution in [2.45, 2.75) is 20.3 Å². The van der Waals surface area contributed by atoms with Gasteiger partial charge >= 0.3 is 0 Å². The predicted octanol–water partition coefficient (Wildman–Crippen LogP) is 4.48. The number of aromatic nitrogens is 1. The van der Waals surface area contributed by atoms with E-state index >= 15 is 0 Å². The molecular formula is C20H21N3OS. The first-order valence-electron chi connectivity index (χ1n) is 8.24. The molecule has 0 unspecified atom stereocenters. The highest BCUT2D eigenvalue weighted by Gasteiger charge is 2.11. The van der Waals surface area contributed by atoms with Crippen molar-refractivity contribution in [3.05, 3.63) is 76.3 Å². The molecule has 1 aromatic heterocycles. The number of carbonyl (C=O) groups is 1. The molecule has 128 valence electrons. The Morgan fingerprint density at radius 2 is 1.92 bits per heavy atom. The Morgan fingerprint density at radius 1 is 1.12 bits per heavy atom. The zero-order chi connectivity index (χ0) is 17.6. The molecule has 2 aromatic carbocycles. The van der Waals surface area contributed by atoms with E-state index in [-0.39, 0.29) is 5.91 Å². The average molecular weight is 351 g/mol. The standard InChI is InChI=1S/C20H21N3OS/c1-14-8-9-17(15(2)12-14)22-20-23-18(13-25-20)19(24)21-11-10-16-6-4-3-5-7-16/h3-9,12-13H,10-11H2,1-2H3,(H,21,24)(H,22,23). The van der Waals surface area contributed by atoms with Crippen molar-refractivity contribution in [1.29, 1.82) is 0 Å². The van der Waals surface area contributed by atoms with Crippen molar-refractivity contribution in [3.63, 3.8) is 0 Å². The van der Waals surface area contributed by atoms with Crippen LogP contribution < -0.4 is 10.6 Å². The summed E-state index contributed by atoms with van der Waals surface area (Å²) in [6, 6.07) is 16.3. The van der Waals surface area contributed by atoms with Crippen LogP contribution in [-0.2, 0) is 6.42 Å². The first-order chi connectivity index (χ1) is 12.1. The number of thiazole rings is 1. The number of hydrogen-bond donors (Lipinski definition) is 2. The third kappa shape index (κ3) is 4.67. The monoisotopic (exact) mass is 351 g/mol. The van der Waals surface area contributed by atoms with Crippen LogP contribution in [0.1, 0.15) is 27.2 Å². The van der Waals surface area contributed by atoms with Gasteiger partial charge in [-0.05, 0) is 37.5 Å². The number of nitrogens with zero attached hydrogens (tertiary/aromatic N) is 1. The van der Waals surface area contributed by atoms with Crippen LogP contribution >= 0.6 is 11.3 Å². The number of amides is 1. The lowest BCUT2D eigenvalue weighted by Crippen LogP contribution is -2.25. The van der Waals surface area contributed by atoms with E-state index < -0.39 is 0 Å². The maximum Gasteiger partial charge on any atom is 0.270 e. The molecule has 4 nitrogen and oxygen atoms in total. The molecule has 25 heavy (non-hydrogen) atoms. The third-order valence-electron chi connectivity index (χ3n) is 3.90. The minimum Gasteiger partial charge on any atom is -0.350 e. The quantitative estimate of drug-likeness (QED) is 0.689. The molecule has 0 fully saturated rings. The highest BCUT2D eigenvalue weighted by atomic mass is 32.1. The first kappa shape index (κ1) is 17.2. The Kier molecular flexibility index (Phi) is 5.46. The van der Waals surface area contributed by atoms with Crippen LogP contribution in [0, 0.1) is 13.8 Å². The number of benzene rings is 2. The van der Waals surface area contributed by atoms with Crippen LogP contribution in [0.5, 0.6) is 0 Å². The highest BCUT2D eigenvalue weighted by Crippen LogP contribution is 2.24. The van der Waals surface area contributed by atoms with Crippen LogP contribution in [0.2, 0.25) is 0 Å². The lowest BCUT2D eigenvalue weighted by molar-refractivity contribution is 0.0950. The highest BCUT2D eigenvalue weighted by molar-refractivity contribution is 7.14. The van der Waals surface area contributed by atoms with Crippen LogP contribution in [0.4, 0.5) is 10.8 Å². The number of aryl methyl sites for hydroxylation is 2. The van der Waals surface area contributed by atoms with E-state index in [2.05, 4.69) is 53.7 Å². The van der Waals surface area contributed by atoms with Gasteiger partial charge in [-0.2, -0.15) is 0 Å². The number of anilines is 2. The van der Waals surface area contributed by atoms with Crippen molar-refractivity contribution >= 4 is 28.1 Å². The fraction of sp³-hybridized carbons (Fsp3) is 0.200. The molecule has 0 aliphatic carbocycles. The average Bonchev–Trinajstić information content (AvgIpc) is 3.07. The molecule has 0 saturated heterocycles. The van der Waals surface area contributed by atoms with Crippen molar-refractivity contribution in [2.24, 2.45) is 0 Å². The normalized spacial score (nSPS) is 10.5. The van der Waals surface area contributed by atoms with Crippen molar-refractivity contribution in [2.75, 3.05) is 11.9 Å². The second-order valence-electron chi connectivity index (χ2n) is 5.97. The fourth-order valence-corrected chi connectivity index (χ4v) is 3.26. The van der Waals surface area contributed by atoms with E-state index in [1.54, 1.807) is 5.38 Å². The summed E-state index contributed by atoms with van der Waals surface area (Å²) in [7, 11) is 0. The van der Waals surface area contributed by atoms with Gasteiger partial charge in [0.1, 0.15) is 5.69 Å². The fourth-order valence-electron chi connectivity index (χ4n) is 2.56. The van der Waals surface area contributed by atoms with Gasteiger partial charge in [-0.1, -0.05) is 48.0 Å². The largest absolute Gasteiger partial charge is 0.350 e. The smallest absolute Gasteiger partial charge is 0.270 e. The van der Waals surface area contributed by atoms with Gasteiger partial charge in [-0.15, -0.1) is 11.3 Å². The molecule has 0 aliphatic rings. The zero-order valence-electron chi connectivity index (χ0n) is 14.4. The summed E-state index contributed by atoms with van der Waals surface area (Å²) in [5.74, 6) is -0.138. The van der Waals surface area contributed by atoms with Gasteiger partial charge in [-0.3, -0.25) is 4.79 Å². The Morgan fingerprint density at radius 3 is 2.68 bits per heavy atom. The molecule has 0 atom stereocenters. The van der Waals surface area contributed by atoms with Crippen LogP contribution in [-0.4, -0.2) is 17.4 Å². The molecule has 3 rings (SSSR count). The van der Waals surface area contributed by atoms with Gasteiger partial charge in [-0.25, -0.2) is 4.98 Å². The van der Waals surface area contributed by atoms with Crippen molar-refractivity contribution in [1.82, 2.24) is 10.3 Å². The maximum atomic E-state index is 12.2. The maximum absolute atomic E-state index is 12.2. The molecule has 0 bridgehead atoms. The third-order valence-corrected chi connectivity index (χ3v) is 4.66. The lowest BCUT2D eigenvalue weighted by Gasteiger charge is -2.07. The van der Waals surface area contributed by atoms with Gasteiger partial charge in [0.25, 0.3) is 5.91 Å². The Labute approximate surface area is 151 Å². The molecule has 1 heterocycles. The number of hydrogen-bond acceptors (Lipinski definition) is 4. The Balaban J connectivity index is 1.56. The number of nitrogens with one attached hydrogen (secondary N) is 2. The van der Waals surface area contributed by atoms with Crippen LogP contribution in [0.15, 0.2) is 53.9 Å². The van der Waals surface area contributed by atoms with Gasteiger partial charge in [0, 0.05) is 17.6 Å². The Hall–Kier alpha value is -2.66. The van der Waals surface area contributed by atoms with E-state index in [0.717, 1.165) is 22.8 Å². The molecule has 3 aromatic rings. The van der Waals surface area contributed by atoms with Crippen molar-refractivity contribution < 1.29 is 4.79 Å². The number of rotatable bonds is 6. The summed E-state index contributed by atoms with van der Waals surface area (Å²) in [6.45, 7) is 4.72. The van der Waals surface area contributed by atoms with Gasteiger partial charge in [0.15, 0.2) is 5.13 Å². The first-order valence-corrected chi connectivity index (χ1v) is 9.12. The molecule has 0 radical (unpaired) electrons. The summed E-state index contributed by atoms with van der Waals surface area (Å²) >= 11 is 1.43. The molecule has 0 saturated carbocycles. The molecule has 1 amide bonds. The van der Waals surface area contributed by atoms with E-state index in [1.807, 2.05) is 24.3 Å². The minimum atomic E-state index is -0.138. The van der Waals surface area contributed by atoms with E-state index in [9.17, 15) is 4.79 Å². The zero-order valence-corrected chi connectivity index (χ0v) is 15.2. The van der Waals surface area contributed by atoms with Gasteiger partial charge in [0.2, 0.25) is 0 Å². The molecule has 0 spiro atoms. The summed E-state index contributed by atoms with van der Waals surface area (Å²) in [5.41, 5.74) is 5.05. The van der Waals surface area contributed by atoms with Gasteiger partial charge < -0.3 is 10.6 Å². The van der Waals surface area contributed by atoms with Crippen LogP contribution in [0.3, 0.4) is 0 Å². The minimum absolute atomic E-state index is 0.138. The second kappa shape index (κ2) is 7.94. The van der Waals surface area contributed by atoms with E-state index in [0.29, 0.717) is 12.2 Å².